The Morgan fingerprint density at radius 3 is 2.93 bits per heavy atom. The zero-order chi connectivity index (χ0) is 10.8. The lowest BCUT2D eigenvalue weighted by Crippen LogP contribution is -2.21. The number of hydrogen-bond acceptors (Lipinski definition) is 3. The van der Waals surface area contributed by atoms with Crippen LogP contribution in [0, 0.1) is 0 Å². The van der Waals surface area contributed by atoms with Crippen LogP contribution in [-0.4, -0.2) is 34.3 Å². The largest absolute Gasteiger partial charge is 0.508 e. The number of rotatable bonds is 2. The van der Waals surface area contributed by atoms with Crippen LogP contribution in [0.25, 0.3) is 0 Å². The van der Waals surface area contributed by atoms with Crippen molar-refractivity contribution in [3.05, 3.63) is 28.2 Å². The van der Waals surface area contributed by atoms with Crippen molar-refractivity contribution in [3.8, 4) is 5.75 Å². The predicted octanol–water partition coefficient (Wildman–Crippen LogP) is 1.72. The predicted molar refractivity (Wildman–Crippen MR) is 61.7 cm³/mol. The zero-order valence-corrected chi connectivity index (χ0v) is 9.94. The van der Waals surface area contributed by atoms with E-state index in [1.807, 2.05) is 12.1 Å². The van der Waals surface area contributed by atoms with E-state index in [4.69, 9.17) is 0 Å². The summed E-state index contributed by atoms with van der Waals surface area (Å²) in [5, 5.41) is 19.0. The highest BCUT2D eigenvalue weighted by Gasteiger charge is 2.20. The Morgan fingerprint density at radius 1 is 1.47 bits per heavy atom. The normalized spacial score (nSPS) is 22.1. The highest BCUT2D eigenvalue weighted by molar-refractivity contribution is 9.10. The van der Waals surface area contributed by atoms with Gasteiger partial charge in [0, 0.05) is 29.7 Å². The number of hydrogen-bond donors (Lipinski definition) is 2. The Morgan fingerprint density at radius 2 is 2.27 bits per heavy atom. The molecule has 4 heteroatoms. The van der Waals surface area contributed by atoms with Gasteiger partial charge < -0.3 is 10.2 Å². The maximum atomic E-state index is 9.65. The minimum absolute atomic E-state index is 0.209. The molecule has 3 nitrogen and oxygen atoms in total. The SMILES string of the molecule is Oc1ccc(Br)cc1CN1CCC(O)C1. The average molecular weight is 272 g/mol. The van der Waals surface area contributed by atoms with Gasteiger partial charge in [-0.15, -0.1) is 0 Å². The molecule has 1 aromatic rings. The Labute approximate surface area is 97.5 Å². The van der Waals surface area contributed by atoms with Gasteiger partial charge in [-0.3, -0.25) is 4.90 Å². The molecule has 1 heterocycles. The lowest BCUT2D eigenvalue weighted by atomic mass is 10.2. The molecule has 82 valence electrons. The number of nitrogens with zero attached hydrogens (tertiary/aromatic N) is 1. The van der Waals surface area contributed by atoms with Gasteiger partial charge in [-0.05, 0) is 24.6 Å². The minimum atomic E-state index is -0.209. The van der Waals surface area contributed by atoms with Crippen molar-refractivity contribution in [3.63, 3.8) is 0 Å². The van der Waals surface area contributed by atoms with Crippen molar-refractivity contribution in [1.29, 1.82) is 0 Å². The molecule has 0 aromatic heterocycles. The second-order valence-electron chi connectivity index (χ2n) is 3.95. The Balaban J connectivity index is 2.07. The molecule has 0 aliphatic carbocycles. The molecule has 0 saturated carbocycles. The number of aromatic hydroxyl groups is 1. The van der Waals surface area contributed by atoms with Gasteiger partial charge in [-0.25, -0.2) is 0 Å². The third-order valence-electron chi connectivity index (χ3n) is 2.68. The van der Waals surface area contributed by atoms with Crippen LogP contribution in [-0.2, 0) is 6.54 Å². The van der Waals surface area contributed by atoms with E-state index >= 15 is 0 Å². The van der Waals surface area contributed by atoms with Crippen molar-refractivity contribution < 1.29 is 10.2 Å². The molecule has 2 N–H and O–H groups in total. The quantitative estimate of drug-likeness (QED) is 0.861. The van der Waals surface area contributed by atoms with Crippen molar-refractivity contribution in [2.24, 2.45) is 0 Å². The van der Waals surface area contributed by atoms with E-state index in [1.54, 1.807) is 6.07 Å². The van der Waals surface area contributed by atoms with E-state index in [-0.39, 0.29) is 6.10 Å². The summed E-state index contributed by atoms with van der Waals surface area (Å²) < 4.78 is 0.968. The second-order valence-corrected chi connectivity index (χ2v) is 4.87. The molecule has 1 aliphatic heterocycles. The van der Waals surface area contributed by atoms with E-state index in [1.165, 1.54) is 0 Å². The van der Waals surface area contributed by atoms with Crippen LogP contribution >= 0.6 is 15.9 Å². The second kappa shape index (κ2) is 4.51. The van der Waals surface area contributed by atoms with Crippen molar-refractivity contribution in [2.45, 2.75) is 19.1 Å². The smallest absolute Gasteiger partial charge is 0.120 e. The Hall–Kier alpha value is -0.580. The van der Waals surface area contributed by atoms with Crippen molar-refractivity contribution in [1.82, 2.24) is 4.90 Å². The number of phenolic OH excluding ortho intramolecular Hbond substituents is 1. The minimum Gasteiger partial charge on any atom is -0.508 e. The molecule has 0 amide bonds. The average Bonchev–Trinajstić information content (AvgIpc) is 2.58. The number of β-amino-alcohol motifs (C(OH)–C–C–N with tert-alkyl or cyclic N) is 1. The molecule has 1 fully saturated rings. The first-order chi connectivity index (χ1) is 7.15. The molecule has 0 bridgehead atoms. The van der Waals surface area contributed by atoms with Gasteiger partial charge in [0.2, 0.25) is 0 Å². The molecule has 1 saturated heterocycles. The molecule has 2 rings (SSSR count). The van der Waals surface area contributed by atoms with E-state index in [0.29, 0.717) is 18.8 Å². The first-order valence-electron chi connectivity index (χ1n) is 5.03. The van der Waals surface area contributed by atoms with Crippen LogP contribution in [0.4, 0.5) is 0 Å². The van der Waals surface area contributed by atoms with Crippen molar-refractivity contribution in [2.75, 3.05) is 13.1 Å². The molecule has 0 radical (unpaired) electrons. The highest BCUT2D eigenvalue weighted by Crippen LogP contribution is 2.24. The van der Waals surface area contributed by atoms with E-state index < -0.39 is 0 Å². The molecule has 1 atom stereocenters. The summed E-state index contributed by atoms with van der Waals surface area (Å²) in [7, 11) is 0. The molecule has 1 unspecified atom stereocenters. The molecule has 1 aromatic carbocycles. The summed E-state index contributed by atoms with van der Waals surface area (Å²) in [5.41, 5.74) is 0.901. The van der Waals surface area contributed by atoms with E-state index in [2.05, 4.69) is 20.8 Å². The lowest BCUT2D eigenvalue weighted by Gasteiger charge is -2.15. The topological polar surface area (TPSA) is 43.7 Å². The first kappa shape index (κ1) is 10.9. The summed E-state index contributed by atoms with van der Waals surface area (Å²) in [5.74, 6) is 0.319. The van der Waals surface area contributed by atoms with Crippen LogP contribution in [0.5, 0.6) is 5.75 Å². The number of benzene rings is 1. The summed E-state index contributed by atoms with van der Waals surface area (Å²) in [6.07, 6.45) is 0.619. The fourth-order valence-electron chi connectivity index (χ4n) is 1.88. The standard InChI is InChI=1S/C11H14BrNO2/c12-9-1-2-11(15)8(5-9)6-13-4-3-10(14)7-13/h1-2,5,10,14-15H,3-4,6-7H2. The molecule has 1 aliphatic rings. The van der Waals surface area contributed by atoms with Gasteiger partial charge >= 0.3 is 0 Å². The number of halogens is 1. The van der Waals surface area contributed by atoms with Crippen LogP contribution < -0.4 is 0 Å². The monoisotopic (exact) mass is 271 g/mol. The first-order valence-corrected chi connectivity index (χ1v) is 5.82. The third-order valence-corrected chi connectivity index (χ3v) is 3.18. The molecular weight excluding hydrogens is 258 g/mol. The Bertz CT molecular complexity index is 356. The third kappa shape index (κ3) is 2.71. The number of aliphatic hydroxyl groups excluding tert-OH is 1. The van der Waals surface area contributed by atoms with Crippen molar-refractivity contribution >= 4 is 15.9 Å². The van der Waals surface area contributed by atoms with Gasteiger partial charge in [0.15, 0.2) is 0 Å². The fraction of sp³-hybridized carbons (Fsp3) is 0.455. The number of aliphatic hydroxyl groups is 1. The van der Waals surface area contributed by atoms with Gasteiger partial charge in [0.1, 0.15) is 5.75 Å². The van der Waals surface area contributed by atoms with Crippen LogP contribution in [0.2, 0.25) is 0 Å². The van der Waals surface area contributed by atoms with Gasteiger partial charge in [0.05, 0.1) is 6.10 Å². The van der Waals surface area contributed by atoms with Gasteiger partial charge in [0.25, 0.3) is 0 Å². The molecule has 0 spiro atoms. The van der Waals surface area contributed by atoms with Gasteiger partial charge in [-0.2, -0.15) is 0 Å². The number of phenols is 1. The summed E-state index contributed by atoms with van der Waals surface area (Å²) in [6, 6.07) is 5.42. The van der Waals surface area contributed by atoms with Crippen LogP contribution in [0.1, 0.15) is 12.0 Å². The summed E-state index contributed by atoms with van der Waals surface area (Å²) in [6.45, 7) is 2.29. The van der Waals surface area contributed by atoms with E-state index in [9.17, 15) is 10.2 Å². The molecular formula is C11H14BrNO2. The van der Waals surface area contributed by atoms with E-state index in [0.717, 1.165) is 23.0 Å². The summed E-state index contributed by atoms with van der Waals surface area (Å²) in [4.78, 5) is 2.14. The van der Waals surface area contributed by atoms with Crippen LogP contribution in [0.15, 0.2) is 22.7 Å². The Kier molecular flexibility index (Phi) is 3.29. The number of likely N-dealkylation sites (tertiary alicyclic amines) is 1. The summed E-state index contributed by atoms with van der Waals surface area (Å²) >= 11 is 3.38. The highest BCUT2D eigenvalue weighted by atomic mass is 79.9. The van der Waals surface area contributed by atoms with Gasteiger partial charge in [-0.1, -0.05) is 15.9 Å². The maximum absolute atomic E-state index is 9.65. The zero-order valence-electron chi connectivity index (χ0n) is 8.36. The molecule has 15 heavy (non-hydrogen) atoms. The lowest BCUT2D eigenvalue weighted by molar-refractivity contribution is 0.174. The maximum Gasteiger partial charge on any atom is 0.120 e. The van der Waals surface area contributed by atoms with Crippen LogP contribution in [0.3, 0.4) is 0 Å². The fourth-order valence-corrected chi connectivity index (χ4v) is 2.29.